The van der Waals surface area contributed by atoms with Gasteiger partial charge in [-0.05, 0) is 36.8 Å². The minimum absolute atomic E-state index is 0.0137. The molecule has 0 unspecified atom stereocenters. The topological polar surface area (TPSA) is 62.5 Å². The van der Waals surface area contributed by atoms with Crippen LogP contribution in [-0.2, 0) is 4.89 Å². The third-order valence-electron chi connectivity index (χ3n) is 2.83. The summed E-state index contributed by atoms with van der Waals surface area (Å²) in [5, 5.41) is 18.6. The Labute approximate surface area is 117 Å². The summed E-state index contributed by atoms with van der Waals surface area (Å²) in [7, 11) is 0. The van der Waals surface area contributed by atoms with Crippen molar-refractivity contribution >= 4 is 0 Å². The predicted octanol–water partition coefficient (Wildman–Crippen LogP) is 2.91. The van der Waals surface area contributed by atoms with Gasteiger partial charge in [-0.15, -0.1) is 0 Å². The average Bonchev–Trinajstić information content (AvgIpc) is 2.49. The van der Waals surface area contributed by atoms with Crippen LogP contribution in [0.2, 0.25) is 0 Å². The Morgan fingerprint density at radius 3 is 2.35 bits per heavy atom. The van der Waals surface area contributed by atoms with Crippen LogP contribution in [0, 0.1) is 18.3 Å². The lowest BCUT2D eigenvalue weighted by atomic mass is 10.1. The van der Waals surface area contributed by atoms with Crippen molar-refractivity contribution in [3.05, 3.63) is 65.2 Å². The Hall–Kier alpha value is -2.35. The van der Waals surface area contributed by atoms with E-state index in [1.807, 2.05) is 25.1 Å². The van der Waals surface area contributed by atoms with E-state index in [2.05, 4.69) is 0 Å². The largest absolute Gasteiger partial charge is 0.386 e. The number of benzene rings is 2. The molecule has 0 spiro atoms. The molecular formula is C16H15NO3. The van der Waals surface area contributed by atoms with E-state index in [1.165, 1.54) is 0 Å². The second kappa shape index (κ2) is 6.71. The van der Waals surface area contributed by atoms with Gasteiger partial charge in [-0.1, -0.05) is 29.8 Å². The lowest BCUT2D eigenvalue weighted by Crippen LogP contribution is -2.09. The number of nitriles is 1. The van der Waals surface area contributed by atoms with Crippen molar-refractivity contribution in [3.63, 3.8) is 0 Å². The lowest BCUT2D eigenvalue weighted by Gasteiger charge is -2.11. The highest BCUT2D eigenvalue weighted by molar-refractivity contribution is 5.32. The van der Waals surface area contributed by atoms with Gasteiger partial charge in [0.2, 0.25) is 0 Å². The number of aliphatic hydroxyl groups is 1. The monoisotopic (exact) mass is 269 g/mol. The molecule has 102 valence electrons. The molecule has 0 bridgehead atoms. The van der Waals surface area contributed by atoms with Gasteiger partial charge in [0.1, 0.15) is 12.7 Å². The van der Waals surface area contributed by atoms with Crippen LogP contribution in [0.15, 0.2) is 48.5 Å². The van der Waals surface area contributed by atoms with E-state index in [0.29, 0.717) is 16.9 Å². The fourth-order valence-electron chi connectivity index (χ4n) is 1.64. The van der Waals surface area contributed by atoms with E-state index in [-0.39, 0.29) is 6.61 Å². The Morgan fingerprint density at radius 2 is 1.75 bits per heavy atom. The highest BCUT2D eigenvalue weighted by Crippen LogP contribution is 2.16. The molecule has 0 saturated carbocycles. The van der Waals surface area contributed by atoms with E-state index in [9.17, 15) is 5.11 Å². The van der Waals surface area contributed by atoms with Crippen LogP contribution in [0.1, 0.15) is 22.8 Å². The molecule has 0 heterocycles. The number of aliphatic hydroxyl groups excluding tert-OH is 1. The zero-order valence-electron chi connectivity index (χ0n) is 11.1. The molecule has 2 aromatic carbocycles. The standard InChI is InChI=1S/C16H15NO3/c1-12-2-8-15(9-3-12)20-19-11-16(18)14-6-4-13(10-17)5-7-14/h2-9,16,18H,11H2,1H3/t16-/m0/s1. The van der Waals surface area contributed by atoms with Gasteiger partial charge in [-0.25, -0.2) is 0 Å². The summed E-state index contributed by atoms with van der Waals surface area (Å²) < 4.78 is 0. The van der Waals surface area contributed by atoms with Crippen molar-refractivity contribution in [2.24, 2.45) is 0 Å². The van der Waals surface area contributed by atoms with Crippen LogP contribution in [0.3, 0.4) is 0 Å². The van der Waals surface area contributed by atoms with E-state index in [4.69, 9.17) is 15.0 Å². The summed E-state index contributed by atoms with van der Waals surface area (Å²) in [4.78, 5) is 10.1. The quantitative estimate of drug-likeness (QED) is 0.669. The third-order valence-corrected chi connectivity index (χ3v) is 2.83. The number of nitrogens with zero attached hydrogens (tertiary/aromatic N) is 1. The molecule has 0 amide bonds. The molecule has 4 nitrogen and oxygen atoms in total. The van der Waals surface area contributed by atoms with Crippen LogP contribution in [0.4, 0.5) is 0 Å². The molecule has 0 fully saturated rings. The molecule has 0 aromatic heterocycles. The summed E-state index contributed by atoms with van der Waals surface area (Å²) in [5.74, 6) is 0.586. The van der Waals surface area contributed by atoms with Crippen LogP contribution in [-0.4, -0.2) is 11.7 Å². The fraction of sp³-hybridized carbons (Fsp3) is 0.188. The molecule has 2 aromatic rings. The van der Waals surface area contributed by atoms with Gasteiger partial charge < -0.3 is 9.99 Å². The fourth-order valence-corrected chi connectivity index (χ4v) is 1.64. The van der Waals surface area contributed by atoms with Crippen LogP contribution >= 0.6 is 0 Å². The Morgan fingerprint density at radius 1 is 1.10 bits per heavy atom. The minimum atomic E-state index is -0.798. The van der Waals surface area contributed by atoms with Crippen molar-refractivity contribution in [2.75, 3.05) is 6.61 Å². The van der Waals surface area contributed by atoms with E-state index < -0.39 is 6.10 Å². The molecule has 20 heavy (non-hydrogen) atoms. The number of aryl methyl sites for hydroxylation is 1. The first-order valence-electron chi connectivity index (χ1n) is 6.23. The normalized spacial score (nSPS) is 11.7. The van der Waals surface area contributed by atoms with Crippen molar-refractivity contribution in [1.29, 1.82) is 5.26 Å². The second-order valence-corrected chi connectivity index (χ2v) is 4.43. The molecule has 0 aliphatic heterocycles. The van der Waals surface area contributed by atoms with Gasteiger partial charge in [-0.2, -0.15) is 10.1 Å². The summed E-state index contributed by atoms with van der Waals surface area (Å²) in [6, 6.07) is 16.1. The average molecular weight is 269 g/mol. The lowest BCUT2D eigenvalue weighted by molar-refractivity contribution is -0.224. The van der Waals surface area contributed by atoms with Gasteiger partial charge in [0, 0.05) is 0 Å². The Bertz CT molecular complexity index is 585. The van der Waals surface area contributed by atoms with E-state index in [0.717, 1.165) is 5.56 Å². The molecule has 2 rings (SSSR count). The highest BCUT2D eigenvalue weighted by atomic mass is 17.2. The van der Waals surface area contributed by atoms with Crippen LogP contribution < -0.4 is 4.89 Å². The van der Waals surface area contributed by atoms with Gasteiger partial charge >= 0.3 is 0 Å². The maximum absolute atomic E-state index is 9.92. The first-order valence-corrected chi connectivity index (χ1v) is 6.23. The number of hydrogen-bond acceptors (Lipinski definition) is 4. The van der Waals surface area contributed by atoms with Crippen molar-refractivity contribution < 1.29 is 14.9 Å². The van der Waals surface area contributed by atoms with Gasteiger partial charge in [-0.3, -0.25) is 0 Å². The minimum Gasteiger partial charge on any atom is -0.386 e. The smallest absolute Gasteiger partial charge is 0.165 e. The summed E-state index contributed by atoms with van der Waals surface area (Å²) in [6.45, 7) is 2.00. The van der Waals surface area contributed by atoms with Crippen LogP contribution in [0.25, 0.3) is 0 Å². The molecule has 0 aliphatic rings. The van der Waals surface area contributed by atoms with Crippen LogP contribution in [0.5, 0.6) is 5.75 Å². The summed E-state index contributed by atoms with van der Waals surface area (Å²) in [5.41, 5.74) is 2.37. The summed E-state index contributed by atoms with van der Waals surface area (Å²) in [6.07, 6.45) is -0.798. The Balaban J connectivity index is 1.84. The third kappa shape index (κ3) is 3.82. The zero-order valence-corrected chi connectivity index (χ0v) is 11.1. The van der Waals surface area contributed by atoms with Gasteiger partial charge in [0.15, 0.2) is 5.75 Å². The molecule has 0 saturated heterocycles. The van der Waals surface area contributed by atoms with Gasteiger partial charge in [0.25, 0.3) is 0 Å². The number of rotatable bonds is 5. The van der Waals surface area contributed by atoms with Crippen molar-refractivity contribution in [2.45, 2.75) is 13.0 Å². The maximum Gasteiger partial charge on any atom is 0.165 e. The first kappa shape index (κ1) is 14.1. The zero-order chi connectivity index (χ0) is 14.4. The second-order valence-electron chi connectivity index (χ2n) is 4.43. The molecule has 4 heteroatoms. The first-order chi connectivity index (χ1) is 9.69. The molecule has 1 N–H and O–H groups in total. The summed E-state index contributed by atoms with van der Waals surface area (Å²) >= 11 is 0. The van der Waals surface area contributed by atoms with Gasteiger partial charge in [0.05, 0.1) is 11.6 Å². The number of hydrogen-bond donors (Lipinski definition) is 1. The van der Waals surface area contributed by atoms with Crippen molar-refractivity contribution in [1.82, 2.24) is 0 Å². The Kier molecular flexibility index (Phi) is 4.72. The SMILES string of the molecule is Cc1ccc(OOC[C@H](O)c2ccc(C#N)cc2)cc1. The van der Waals surface area contributed by atoms with E-state index in [1.54, 1.807) is 36.4 Å². The maximum atomic E-state index is 9.92. The molecular weight excluding hydrogens is 254 g/mol. The van der Waals surface area contributed by atoms with Crippen molar-refractivity contribution in [3.8, 4) is 11.8 Å². The predicted molar refractivity (Wildman–Crippen MR) is 73.9 cm³/mol. The molecule has 0 aliphatic carbocycles. The van der Waals surface area contributed by atoms with E-state index >= 15 is 0 Å². The molecule has 1 atom stereocenters. The highest BCUT2D eigenvalue weighted by Gasteiger charge is 2.08. The molecule has 0 radical (unpaired) electrons.